The largest absolute Gasteiger partial charge is 0.457 e. The van der Waals surface area contributed by atoms with E-state index in [0.29, 0.717) is 0 Å². The van der Waals surface area contributed by atoms with Crippen molar-refractivity contribution in [2.45, 2.75) is 9.79 Å². The molecule has 0 radical (unpaired) electrons. The fourth-order valence-electron chi connectivity index (χ4n) is 1.69. The molecule has 0 fully saturated rings. The maximum absolute atomic E-state index is 11.5. The van der Waals surface area contributed by atoms with Crippen molar-refractivity contribution in [3.63, 3.8) is 0 Å². The Labute approximate surface area is 157 Å². The predicted molar refractivity (Wildman–Crippen MR) is 95.7 cm³/mol. The van der Waals surface area contributed by atoms with Crippen molar-refractivity contribution in [2.24, 2.45) is 9.04 Å². The molecule has 0 unspecified atom stereocenters. The molecule has 0 aliphatic rings. The monoisotopic (exact) mass is 422 g/mol. The second kappa shape index (κ2) is 9.68. The molecular formula is C12H8N9O5S2-. The number of ether oxygens (including phenoxy) is 1. The SMILES string of the molecule is [N-]=[N+]=NS(=O)(=O)c1ccc(Oc2ccc(S(=O)(=O)N=[N+]=[N-])cc2)cc1.[N-]=[N+]=[N-]. The third-order valence-corrected chi connectivity index (χ3v) is 5.08. The first-order chi connectivity index (χ1) is 13.2. The molecule has 2 rings (SSSR count). The lowest BCUT2D eigenvalue weighted by atomic mass is 10.3. The van der Waals surface area contributed by atoms with Crippen molar-refractivity contribution < 1.29 is 21.6 Å². The first kappa shape index (κ1) is 22.1. The van der Waals surface area contributed by atoms with Crippen LogP contribution in [0.5, 0.6) is 11.5 Å². The molecule has 0 atom stereocenters. The highest BCUT2D eigenvalue weighted by atomic mass is 32.2. The van der Waals surface area contributed by atoms with E-state index < -0.39 is 20.0 Å². The van der Waals surface area contributed by atoms with Gasteiger partial charge in [0.25, 0.3) is 20.0 Å². The molecule has 16 heteroatoms. The quantitative estimate of drug-likeness (QED) is 0.374. The molecule has 14 nitrogen and oxygen atoms in total. The Morgan fingerprint density at radius 3 is 1.18 bits per heavy atom. The zero-order valence-corrected chi connectivity index (χ0v) is 15.1. The topological polar surface area (TPSA) is 234 Å². The molecule has 144 valence electrons. The summed E-state index contributed by atoms with van der Waals surface area (Å²) in [6.07, 6.45) is 0. The maximum atomic E-state index is 11.5. The second-order valence-corrected chi connectivity index (χ2v) is 7.60. The van der Waals surface area contributed by atoms with Crippen LogP contribution in [0.2, 0.25) is 0 Å². The number of azide groups is 2. The van der Waals surface area contributed by atoms with Gasteiger partial charge in [0.2, 0.25) is 0 Å². The summed E-state index contributed by atoms with van der Waals surface area (Å²) in [4.78, 5) is 5.58. The molecule has 0 aromatic heterocycles. The number of rotatable bonds is 6. The van der Waals surface area contributed by atoms with Crippen LogP contribution < -0.4 is 4.74 Å². The molecule has 0 bridgehead atoms. The maximum Gasteiger partial charge on any atom is 0.264 e. The van der Waals surface area contributed by atoms with Gasteiger partial charge in [-0.3, -0.25) is 4.91 Å². The van der Waals surface area contributed by atoms with E-state index in [0.717, 1.165) is 0 Å². The minimum absolute atomic E-state index is 0.201. The highest BCUT2D eigenvalue weighted by molar-refractivity contribution is 7.90. The molecular weight excluding hydrogens is 414 g/mol. The average Bonchev–Trinajstić information content (AvgIpc) is 2.63. The Morgan fingerprint density at radius 2 is 0.929 bits per heavy atom. The van der Waals surface area contributed by atoms with Crippen LogP contribution in [-0.2, 0) is 20.0 Å². The van der Waals surface area contributed by atoms with Gasteiger partial charge in [-0.2, -0.15) is 0 Å². The number of benzene rings is 2. The first-order valence-corrected chi connectivity index (χ1v) is 9.57. The number of sulfonamides is 2. The molecule has 0 aliphatic carbocycles. The van der Waals surface area contributed by atoms with Gasteiger partial charge in [-0.05, 0) is 59.6 Å². The van der Waals surface area contributed by atoms with Crippen molar-refractivity contribution in [1.29, 1.82) is 0 Å². The Morgan fingerprint density at radius 1 is 0.643 bits per heavy atom. The zero-order valence-electron chi connectivity index (χ0n) is 13.5. The Bertz CT molecular complexity index is 1080. The van der Waals surface area contributed by atoms with Gasteiger partial charge in [0, 0.05) is 18.9 Å². The molecule has 2 aromatic rings. The summed E-state index contributed by atoms with van der Waals surface area (Å²) >= 11 is 0. The lowest BCUT2D eigenvalue weighted by molar-refractivity contribution is 0.481. The first-order valence-electron chi connectivity index (χ1n) is 6.69. The average molecular weight is 422 g/mol. The summed E-state index contributed by atoms with van der Waals surface area (Å²) in [6, 6.07) is 10.1. The van der Waals surface area contributed by atoms with Crippen molar-refractivity contribution in [1.82, 2.24) is 0 Å². The van der Waals surface area contributed by atoms with Gasteiger partial charge in [0.15, 0.2) is 0 Å². The van der Waals surface area contributed by atoms with Crippen molar-refractivity contribution in [3.05, 3.63) is 85.4 Å². The second-order valence-electron chi connectivity index (χ2n) is 4.43. The number of nitrogens with zero attached hydrogens (tertiary/aromatic N) is 9. The molecule has 2 aromatic carbocycles. The van der Waals surface area contributed by atoms with Crippen LogP contribution in [0.4, 0.5) is 0 Å². The summed E-state index contributed by atoms with van der Waals surface area (Å²) in [6.45, 7) is 0. The van der Waals surface area contributed by atoms with E-state index in [1.807, 2.05) is 0 Å². The van der Waals surface area contributed by atoms with E-state index in [9.17, 15) is 16.8 Å². The summed E-state index contributed by atoms with van der Waals surface area (Å²) in [5, 5.41) is 0. The minimum atomic E-state index is -4.08. The lowest BCUT2D eigenvalue weighted by Gasteiger charge is -2.07. The van der Waals surface area contributed by atoms with E-state index in [1.54, 1.807) is 0 Å². The van der Waals surface area contributed by atoms with E-state index in [1.165, 1.54) is 53.4 Å². The summed E-state index contributed by atoms with van der Waals surface area (Å²) < 4.78 is 57.0. The highest BCUT2D eigenvalue weighted by Crippen LogP contribution is 2.25. The van der Waals surface area contributed by atoms with E-state index in [4.69, 9.17) is 26.9 Å². The van der Waals surface area contributed by atoms with Gasteiger partial charge in [-0.25, -0.2) is 16.8 Å². The van der Waals surface area contributed by atoms with Crippen LogP contribution in [0.3, 0.4) is 0 Å². The molecule has 0 amide bonds. The fraction of sp³-hybridized carbons (Fsp3) is 0. The van der Waals surface area contributed by atoms with Crippen LogP contribution in [0, 0.1) is 0 Å². The zero-order chi connectivity index (χ0) is 21.2. The predicted octanol–water partition coefficient (Wildman–Crippen LogP) is 4.34. The number of hydrogen-bond donors (Lipinski definition) is 0. The third-order valence-electron chi connectivity index (χ3n) is 2.77. The van der Waals surface area contributed by atoms with Crippen LogP contribution in [-0.4, -0.2) is 16.8 Å². The fourth-order valence-corrected chi connectivity index (χ4v) is 3.03. The molecule has 0 saturated carbocycles. The Kier molecular flexibility index (Phi) is 7.64. The molecule has 0 aliphatic heterocycles. The van der Waals surface area contributed by atoms with Gasteiger partial charge >= 0.3 is 0 Å². The van der Waals surface area contributed by atoms with E-state index in [2.05, 4.69) is 18.9 Å². The number of hydrogen-bond acceptors (Lipinski definition) is 5. The summed E-state index contributed by atoms with van der Waals surface area (Å²) in [5.74, 6) is 0.538. The van der Waals surface area contributed by atoms with E-state index >= 15 is 0 Å². The summed E-state index contributed by atoms with van der Waals surface area (Å²) in [7, 11) is -8.16. The van der Waals surface area contributed by atoms with Crippen molar-refractivity contribution in [3.8, 4) is 11.5 Å². The van der Waals surface area contributed by atoms with Crippen molar-refractivity contribution in [2.75, 3.05) is 0 Å². The van der Waals surface area contributed by atoms with Gasteiger partial charge in [-0.15, -0.1) is 0 Å². The van der Waals surface area contributed by atoms with Gasteiger partial charge < -0.3 is 15.8 Å². The molecule has 0 N–H and O–H groups in total. The summed E-state index contributed by atoms with van der Waals surface area (Å²) in [5.41, 5.74) is 29.9. The standard InChI is InChI=1S/C12H8N6O5S2.N3/c13-15-17-24(19,20)11-5-1-9(2-6-11)23-10-3-7-12(8-4-10)25(21,22)18-16-14;1-3-2/h1-8H;/q;-1. The van der Waals surface area contributed by atoms with E-state index in [-0.39, 0.29) is 21.3 Å². The van der Waals surface area contributed by atoms with Crippen LogP contribution in [0.25, 0.3) is 36.9 Å². The van der Waals surface area contributed by atoms with Crippen molar-refractivity contribution >= 4 is 20.0 Å². The normalized spacial score (nSPS) is 10.1. The minimum Gasteiger partial charge on any atom is -0.457 e. The van der Waals surface area contributed by atoms with Gasteiger partial charge in [-0.1, -0.05) is 0 Å². The van der Waals surface area contributed by atoms with Gasteiger partial charge in [0.1, 0.15) is 11.5 Å². The Hall–Kier alpha value is -3.93. The van der Waals surface area contributed by atoms with Crippen LogP contribution in [0.1, 0.15) is 0 Å². The molecule has 0 spiro atoms. The molecule has 0 heterocycles. The van der Waals surface area contributed by atoms with Gasteiger partial charge in [0.05, 0.1) is 9.79 Å². The molecule has 28 heavy (non-hydrogen) atoms. The Balaban J connectivity index is 0.00000122. The lowest BCUT2D eigenvalue weighted by Crippen LogP contribution is -1.96. The smallest absolute Gasteiger partial charge is 0.264 e. The van der Waals surface area contributed by atoms with Crippen LogP contribution in [0.15, 0.2) is 67.4 Å². The molecule has 0 saturated heterocycles. The third kappa shape index (κ3) is 6.10. The highest BCUT2D eigenvalue weighted by Gasteiger charge is 2.13. The van der Waals surface area contributed by atoms with Crippen LogP contribution >= 0.6 is 0 Å².